The smallest absolute Gasteiger partial charge is 0.255 e. The lowest BCUT2D eigenvalue weighted by atomic mass is 10.1. The molecule has 0 aliphatic heterocycles. The summed E-state index contributed by atoms with van der Waals surface area (Å²) >= 11 is 0. The second-order valence-corrected chi connectivity index (χ2v) is 5.70. The number of carbonyl (C=O) groups is 1. The van der Waals surface area contributed by atoms with Crippen LogP contribution in [0.5, 0.6) is 0 Å². The van der Waals surface area contributed by atoms with Crippen LogP contribution in [0, 0.1) is 0 Å². The molecule has 2 aromatic carbocycles. The molecule has 0 bridgehead atoms. The van der Waals surface area contributed by atoms with E-state index in [0.29, 0.717) is 18.7 Å². The molecule has 1 aromatic heterocycles. The second-order valence-electron chi connectivity index (χ2n) is 5.70. The molecule has 0 saturated carbocycles. The number of carbonyl (C=O) groups excluding carboxylic acids is 1. The number of benzene rings is 2. The second kappa shape index (κ2) is 7.59. The maximum Gasteiger partial charge on any atom is 0.255 e. The summed E-state index contributed by atoms with van der Waals surface area (Å²) in [5.74, 6) is -0.0741. The van der Waals surface area contributed by atoms with E-state index in [1.54, 1.807) is 0 Å². The largest absolute Gasteiger partial charge is 0.352 e. The molecule has 1 heterocycles. The van der Waals surface area contributed by atoms with Crippen LogP contribution in [0.3, 0.4) is 0 Å². The van der Waals surface area contributed by atoms with Crippen LogP contribution in [0.25, 0.3) is 11.3 Å². The summed E-state index contributed by atoms with van der Waals surface area (Å²) in [7, 11) is 0. The van der Waals surface area contributed by atoms with Gasteiger partial charge >= 0.3 is 0 Å². The van der Waals surface area contributed by atoms with Crippen LogP contribution in [0.15, 0.2) is 66.9 Å². The van der Waals surface area contributed by atoms with E-state index in [4.69, 9.17) is 0 Å². The van der Waals surface area contributed by atoms with Gasteiger partial charge in [-0.05, 0) is 12.0 Å². The van der Waals surface area contributed by atoms with Gasteiger partial charge in [0.1, 0.15) is 5.69 Å². The lowest BCUT2D eigenvalue weighted by molar-refractivity contribution is 0.0954. The Morgan fingerprint density at radius 3 is 2.38 bits per heavy atom. The third kappa shape index (κ3) is 3.71. The highest BCUT2D eigenvalue weighted by Gasteiger charge is 2.17. The Labute approximate surface area is 142 Å². The lowest BCUT2D eigenvalue weighted by Crippen LogP contribution is -2.24. The number of hydrogen-bond acceptors (Lipinski definition) is 2. The molecule has 0 atom stereocenters. The summed E-state index contributed by atoms with van der Waals surface area (Å²) in [5, 5.41) is 7.60. The van der Waals surface area contributed by atoms with Crippen molar-refractivity contribution >= 4 is 5.91 Å². The summed E-state index contributed by atoms with van der Waals surface area (Å²) in [5.41, 5.74) is 3.44. The highest BCUT2D eigenvalue weighted by atomic mass is 16.1. The minimum atomic E-state index is -0.0741. The van der Waals surface area contributed by atoms with Crippen molar-refractivity contribution in [1.29, 1.82) is 0 Å². The van der Waals surface area contributed by atoms with Crippen LogP contribution < -0.4 is 5.32 Å². The fraction of sp³-hybridized carbons (Fsp3) is 0.200. The Morgan fingerprint density at radius 1 is 1.04 bits per heavy atom. The van der Waals surface area contributed by atoms with E-state index in [9.17, 15) is 4.79 Å². The van der Waals surface area contributed by atoms with E-state index >= 15 is 0 Å². The van der Waals surface area contributed by atoms with Gasteiger partial charge in [-0.15, -0.1) is 0 Å². The summed E-state index contributed by atoms with van der Waals surface area (Å²) < 4.78 is 1.83. The molecular weight excluding hydrogens is 298 g/mol. The molecule has 3 rings (SSSR count). The third-order valence-corrected chi connectivity index (χ3v) is 3.78. The highest BCUT2D eigenvalue weighted by Crippen LogP contribution is 2.22. The van der Waals surface area contributed by atoms with Crippen molar-refractivity contribution in [1.82, 2.24) is 15.1 Å². The van der Waals surface area contributed by atoms with Crippen LogP contribution in [0.1, 0.15) is 29.3 Å². The van der Waals surface area contributed by atoms with Crippen molar-refractivity contribution in [3.05, 3.63) is 78.0 Å². The standard InChI is InChI=1S/C20H21N3O/c1-2-13-21-20(24)18-15-23(14-16-9-5-3-6-10-16)22-19(18)17-11-7-4-8-12-17/h3-12,15H,2,13-14H2,1H3,(H,21,24). The summed E-state index contributed by atoms with van der Waals surface area (Å²) in [6, 6.07) is 19.9. The predicted molar refractivity (Wildman–Crippen MR) is 95.8 cm³/mol. The molecule has 0 radical (unpaired) electrons. The van der Waals surface area contributed by atoms with Gasteiger partial charge in [-0.1, -0.05) is 67.6 Å². The molecule has 0 saturated heterocycles. The topological polar surface area (TPSA) is 46.9 Å². The maximum atomic E-state index is 12.5. The summed E-state index contributed by atoms with van der Waals surface area (Å²) in [4.78, 5) is 12.5. The SMILES string of the molecule is CCCNC(=O)c1cn(Cc2ccccc2)nc1-c1ccccc1. The first kappa shape index (κ1) is 16.0. The molecular formula is C20H21N3O. The minimum absolute atomic E-state index is 0.0741. The van der Waals surface area contributed by atoms with Crippen molar-refractivity contribution in [2.75, 3.05) is 6.54 Å². The van der Waals surface area contributed by atoms with Gasteiger partial charge in [0.2, 0.25) is 0 Å². The number of amides is 1. The van der Waals surface area contributed by atoms with Gasteiger partial charge in [0.25, 0.3) is 5.91 Å². The average Bonchev–Trinajstić information content (AvgIpc) is 3.05. The number of nitrogens with one attached hydrogen (secondary N) is 1. The van der Waals surface area contributed by atoms with Gasteiger partial charge in [-0.3, -0.25) is 9.48 Å². The fourth-order valence-electron chi connectivity index (χ4n) is 2.58. The van der Waals surface area contributed by atoms with Crippen LogP contribution >= 0.6 is 0 Å². The first-order chi connectivity index (χ1) is 11.8. The number of hydrogen-bond donors (Lipinski definition) is 1. The predicted octanol–water partition coefficient (Wildman–Crippen LogP) is 3.74. The van der Waals surface area contributed by atoms with Gasteiger partial charge in [0, 0.05) is 18.3 Å². The number of aromatic nitrogens is 2. The molecule has 3 aromatic rings. The fourth-order valence-corrected chi connectivity index (χ4v) is 2.58. The summed E-state index contributed by atoms with van der Waals surface area (Å²) in [6.45, 7) is 3.34. The Hall–Kier alpha value is -2.88. The Morgan fingerprint density at radius 2 is 1.71 bits per heavy atom. The quantitative estimate of drug-likeness (QED) is 0.752. The van der Waals surface area contributed by atoms with Crippen molar-refractivity contribution < 1.29 is 4.79 Å². The van der Waals surface area contributed by atoms with E-state index in [0.717, 1.165) is 23.2 Å². The molecule has 1 N–H and O–H groups in total. The highest BCUT2D eigenvalue weighted by molar-refractivity contribution is 5.99. The zero-order chi connectivity index (χ0) is 16.8. The number of rotatable bonds is 6. The van der Waals surface area contributed by atoms with E-state index in [-0.39, 0.29) is 5.91 Å². The van der Waals surface area contributed by atoms with Crippen molar-refractivity contribution in [2.45, 2.75) is 19.9 Å². The summed E-state index contributed by atoms with van der Waals surface area (Å²) in [6.07, 6.45) is 2.74. The molecule has 0 spiro atoms. The van der Waals surface area contributed by atoms with E-state index < -0.39 is 0 Å². The van der Waals surface area contributed by atoms with Gasteiger partial charge in [-0.25, -0.2) is 0 Å². The van der Waals surface area contributed by atoms with Crippen molar-refractivity contribution in [3.8, 4) is 11.3 Å². The van der Waals surface area contributed by atoms with Gasteiger partial charge in [0.05, 0.1) is 12.1 Å². The molecule has 4 heteroatoms. The number of nitrogens with zero attached hydrogens (tertiary/aromatic N) is 2. The third-order valence-electron chi connectivity index (χ3n) is 3.78. The monoisotopic (exact) mass is 319 g/mol. The zero-order valence-corrected chi connectivity index (χ0v) is 13.8. The van der Waals surface area contributed by atoms with Crippen LogP contribution in [0.4, 0.5) is 0 Å². The van der Waals surface area contributed by atoms with E-state index in [1.165, 1.54) is 0 Å². The lowest BCUT2D eigenvalue weighted by Gasteiger charge is -2.03. The van der Waals surface area contributed by atoms with Gasteiger partial charge < -0.3 is 5.32 Å². The van der Waals surface area contributed by atoms with E-state index in [1.807, 2.05) is 66.3 Å². The molecule has 1 amide bonds. The molecule has 0 unspecified atom stereocenters. The first-order valence-corrected chi connectivity index (χ1v) is 8.23. The Bertz CT molecular complexity index is 794. The normalized spacial score (nSPS) is 10.5. The zero-order valence-electron chi connectivity index (χ0n) is 13.8. The minimum Gasteiger partial charge on any atom is -0.352 e. The molecule has 0 aliphatic rings. The Kier molecular flexibility index (Phi) is 5.06. The average molecular weight is 319 g/mol. The van der Waals surface area contributed by atoms with Crippen LogP contribution in [0.2, 0.25) is 0 Å². The molecule has 122 valence electrons. The molecule has 0 fully saturated rings. The molecule has 24 heavy (non-hydrogen) atoms. The first-order valence-electron chi connectivity index (χ1n) is 8.23. The van der Waals surface area contributed by atoms with Gasteiger partial charge in [-0.2, -0.15) is 5.10 Å². The van der Waals surface area contributed by atoms with Crippen LogP contribution in [-0.4, -0.2) is 22.2 Å². The van der Waals surface area contributed by atoms with Crippen molar-refractivity contribution in [3.63, 3.8) is 0 Å². The van der Waals surface area contributed by atoms with Crippen LogP contribution in [-0.2, 0) is 6.54 Å². The Balaban J connectivity index is 1.94. The maximum absolute atomic E-state index is 12.5. The van der Waals surface area contributed by atoms with Gasteiger partial charge in [0.15, 0.2) is 0 Å². The van der Waals surface area contributed by atoms with E-state index in [2.05, 4.69) is 22.5 Å². The molecule has 0 aliphatic carbocycles. The van der Waals surface area contributed by atoms with Crippen molar-refractivity contribution in [2.24, 2.45) is 0 Å². The molecule has 4 nitrogen and oxygen atoms in total.